The van der Waals surface area contributed by atoms with Crippen LogP contribution in [0.1, 0.15) is 12.0 Å². The van der Waals surface area contributed by atoms with E-state index in [-0.39, 0.29) is 5.92 Å². The van der Waals surface area contributed by atoms with Crippen molar-refractivity contribution in [1.82, 2.24) is 4.90 Å². The highest BCUT2D eigenvalue weighted by Crippen LogP contribution is 2.27. The maximum absolute atomic E-state index is 11.0. The molecule has 114 valence electrons. The van der Waals surface area contributed by atoms with Crippen LogP contribution in [0.25, 0.3) is 0 Å². The van der Waals surface area contributed by atoms with Gasteiger partial charge in [0.15, 0.2) is 6.61 Å². The summed E-state index contributed by atoms with van der Waals surface area (Å²) < 4.78 is 5.24. The molecule has 0 saturated carbocycles. The summed E-state index contributed by atoms with van der Waals surface area (Å²) in [7, 11) is 0. The van der Waals surface area contributed by atoms with Crippen molar-refractivity contribution in [3.05, 3.63) is 28.8 Å². The molecular formula is C14H16ClNO5. The summed E-state index contributed by atoms with van der Waals surface area (Å²) in [5.74, 6) is -1.73. The van der Waals surface area contributed by atoms with Gasteiger partial charge in [-0.25, -0.2) is 4.79 Å². The smallest absolute Gasteiger partial charge is 0.341 e. The van der Waals surface area contributed by atoms with Crippen molar-refractivity contribution < 1.29 is 24.5 Å². The molecular weight excluding hydrogens is 298 g/mol. The Morgan fingerprint density at radius 1 is 1.38 bits per heavy atom. The summed E-state index contributed by atoms with van der Waals surface area (Å²) in [6.07, 6.45) is 0.612. The summed E-state index contributed by atoms with van der Waals surface area (Å²) in [4.78, 5) is 23.5. The van der Waals surface area contributed by atoms with Gasteiger partial charge in [-0.3, -0.25) is 9.69 Å². The van der Waals surface area contributed by atoms with Gasteiger partial charge in [-0.1, -0.05) is 11.6 Å². The van der Waals surface area contributed by atoms with E-state index in [1.54, 1.807) is 18.2 Å². The predicted octanol–water partition coefficient (Wildman–Crippen LogP) is 1.71. The zero-order valence-corrected chi connectivity index (χ0v) is 12.0. The fourth-order valence-corrected chi connectivity index (χ4v) is 2.57. The quantitative estimate of drug-likeness (QED) is 0.831. The number of carboxylic acids is 2. The third kappa shape index (κ3) is 4.34. The number of ether oxygens (including phenoxy) is 1. The lowest BCUT2D eigenvalue weighted by atomic mass is 10.1. The Labute approximate surface area is 126 Å². The lowest BCUT2D eigenvalue weighted by Crippen LogP contribution is -2.23. The van der Waals surface area contributed by atoms with Gasteiger partial charge in [0, 0.05) is 23.7 Å². The molecule has 0 aromatic heterocycles. The van der Waals surface area contributed by atoms with E-state index in [9.17, 15) is 9.59 Å². The number of likely N-dealkylation sites (tertiary alicyclic amines) is 1. The van der Waals surface area contributed by atoms with Crippen molar-refractivity contribution in [2.45, 2.75) is 13.0 Å². The molecule has 7 heteroatoms. The van der Waals surface area contributed by atoms with Gasteiger partial charge in [0.1, 0.15) is 5.75 Å². The van der Waals surface area contributed by atoms with Crippen molar-refractivity contribution >= 4 is 23.5 Å². The van der Waals surface area contributed by atoms with E-state index in [2.05, 4.69) is 0 Å². The topological polar surface area (TPSA) is 87.1 Å². The van der Waals surface area contributed by atoms with Crippen LogP contribution in [0.4, 0.5) is 0 Å². The third-order valence-corrected chi connectivity index (χ3v) is 3.62. The molecule has 0 bridgehead atoms. The van der Waals surface area contributed by atoms with E-state index in [1.807, 2.05) is 4.90 Å². The molecule has 2 rings (SSSR count). The molecule has 1 heterocycles. The minimum Gasteiger partial charge on any atom is -0.482 e. The third-order valence-electron chi connectivity index (χ3n) is 3.39. The van der Waals surface area contributed by atoms with Gasteiger partial charge >= 0.3 is 11.9 Å². The molecule has 0 aliphatic carbocycles. The summed E-state index contributed by atoms with van der Waals surface area (Å²) in [5, 5.41) is 18.2. The molecule has 1 aromatic rings. The average Bonchev–Trinajstić information content (AvgIpc) is 2.86. The minimum atomic E-state index is -1.05. The Bertz CT molecular complexity index is 548. The first kappa shape index (κ1) is 15.6. The maximum Gasteiger partial charge on any atom is 0.341 e. The Balaban J connectivity index is 2.06. The highest BCUT2D eigenvalue weighted by molar-refractivity contribution is 6.30. The second-order valence-corrected chi connectivity index (χ2v) is 5.43. The van der Waals surface area contributed by atoms with Crippen LogP contribution in [0, 0.1) is 5.92 Å². The van der Waals surface area contributed by atoms with E-state index < -0.39 is 18.5 Å². The molecule has 1 saturated heterocycles. The first-order valence-electron chi connectivity index (χ1n) is 6.54. The van der Waals surface area contributed by atoms with Gasteiger partial charge in [0.05, 0.1) is 5.92 Å². The van der Waals surface area contributed by atoms with Crippen molar-refractivity contribution in [2.75, 3.05) is 19.7 Å². The number of halogens is 1. The van der Waals surface area contributed by atoms with Crippen LogP contribution in [-0.2, 0) is 16.1 Å². The Morgan fingerprint density at radius 3 is 2.76 bits per heavy atom. The highest BCUT2D eigenvalue weighted by atomic mass is 35.5. The van der Waals surface area contributed by atoms with Gasteiger partial charge in [0.2, 0.25) is 0 Å². The first-order chi connectivity index (χ1) is 9.95. The van der Waals surface area contributed by atoms with Gasteiger partial charge in [0.25, 0.3) is 0 Å². The molecule has 0 spiro atoms. The number of hydrogen-bond acceptors (Lipinski definition) is 4. The lowest BCUT2D eigenvalue weighted by Gasteiger charge is -2.18. The molecule has 0 radical (unpaired) electrons. The second-order valence-electron chi connectivity index (χ2n) is 4.99. The highest BCUT2D eigenvalue weighted by Gasteiger charge is 2.28. The van der Waals surface area contributed by atoms with Crippen LogP contribution in [0.3, 0.4) is 0 Å². The zero-order chi connectivity index (χ0) is 15.4. The van der Waals surface area contributed by atoms with Crippen LogP contribution in [0.5, 0.6) is 5.75 Å². The normalized spacial score (nSPS) is 18.6. The summed E-state index contributed by atoms with van der Waals surface area (Å²) >= 11 is 5.96. The molecule has 0 unspecified atom stereocenters. The van der Waals surface area contributed by atoms with Crippen LogP contribution in [0.15, 0.2) is 18.2 Å². The Morgan fingerprint density at radius 2 is 2.14 bits per heavy atom. The second kappa shape index (κ2) is 6.78. The SMILES string of the molecule is O=C(O)COc1ccc(Cl)cc1CN1CC[C@@H](C(=O)O)C1. The van der Waals surface area contributed by atoms with E-state index in [0.717, 1.165) is 5.56 Å². The van der Waals surface area contributed by atoms with Gasteiger partial charge < -0.3 is 14.9 Å². The van der Waals surface area contributed by atoms with Gasteiger partial charge in [-0.05, 0) is 31.2 Å². The molecule has 2 N–H and O–H groups in total. The van der Waals surface area contributed by atoms with E-state index in [0.29, 0.717) is 36.8 Å². The summed E-state index contributed by atoms with van der Waals surface area (Å²) in [5.41, 5.74) is 0.759. The van der Waals surface area contributed by atoms with Crippen LogP contribution < -0.4 is 4.74 Å². The Kier molecular flexibility index (Phi) is 5.03. The summed E-state index contributed by atoms with van der Waals surface area (Å²) in [6, 6.07) is 4.98. The molecule has 0 amide bonds. The number of hydrogen-bond donors (Lipinski definition) is 2. The van der Waals surface area contributed by atoms with E-state index in [4.69, 9.17) is 26.6 Å². The molecule has 1 aromatic carbocycles. The number of benzene rings is 1. The van der Waals surface area contributed by atoms with Gasteiger partial charge in [-0.2, -0.15) is 0 Å². The molecule has 1 atom stereocenters. The number of aliphatic carboxylic acids is 2. The molecule has 1 fully saturated rings. The molecule has 1 aliphatic rings. The number of carbonyl (C=O) groups is 2. The maximum atomic E-state index is 11.0. The van der Waals surface area contributed by atoms with Crippen LogP contribution in [0.2, 0.25) is 5.02 Å². The number of rotatable bonds is 6. The van der Waals surface area contributed by atoms with Crippen molar-refractivity contribution in [2.24, 2.45) is 5.92 Å². The fraction of sp³-hybridized carbons (Fsp3) is 0.429. The van der Waals surface area contributed by atoms with E-state index in [1.165, 1.54) is 0 Å². The standard InChI is InChI=1S/C14H16ClNO5/c15-11-1-2-12(21-8-13(17)18)10(5-11)7-16-4-3-9(6-16)14(19)20/h1-2,5,9H,3-4,6-8H2,(H,17,18)(H,19,20)/t9-/m1/s1. The molecule has 21 heavy (non-hydrogen) atoms. The average molecular weight is 314 g/mol. The largest absolute Gasteiger partial charge is 0.482 e. The van der Waals surface area contributed by atoms with Crippen LogP contribution in [-0.4, -0.2) is 46.7 Å². The number of carboxylic acid groups (broad SMARTS) is 2. The van der Waals surface area contributed by atoms with E-state index >= 15 is 0 Å². The molecule has 1 aliphatic heterocycles. The lowest BCUT2D eigenvalue weighted by molar-refractivity contribution is -0.141. The van der Waals surface area contributed by atoms with Crippen molar-refractivity contribution in [3.63, 3.8) is 0 Å². The summed E-state index contributed by atoms with van der Waals surface area (Å²) in [6.45, 7) is 1.22. The Hall–Kier alpha value is -1.79. The van der Waals surface area contributed by atoms with Gasteiger partial charge in [-0.15, -0.1) is 0 Å². The fourth-order valence-electron chi connectivity index (χ4n) is 2.37. The minimum absolute atomic E-state index is 0.354. The van der Waals surface area contributed by atoms with Crippen LogP contribution >= 0.6 is 11.6 Å². The van der Waals surface area contributed by atoms with Crippen molar-refractivity contribution in [3.8, 4) is 5.75 Å². The molecule has 6 nitrogen and oxygen atoms in total. The monoisotopic (exact) mass is 313 g/mol. The zero-order valence-electron chi connectivity index (χ0n) is 11.3. The predicted molar refractivity (Wildman–Crippen MR) is 75.6 cm³/mol. The van der Waals surface area contributed by atoms with Crippen molar-refractivity contribution in [1.29, 1.82) is 0 Å². The first-order valence-corrected chi connectivity index (χ1v) is 6.91. The number of nitrogens with zero attached hydrogens (tertiary/aromatic N) is 1.